The Labute approximate surface area is 92.5 Å². The first-order valence-corrected chi connectivity index (χ1v) is 5.77. The molecule has 86 valence electrons. The highest BCUT2D eigenvalue weighted by Crippen LogP contribution is 2.15. The largest absolute Gasteiger partial charge is 0.349 e. The maximum Gasteiger partial charge on any atom is 0.243 e. The second-order valence-corrected chi connectivity index (χ2v) is 4.62. The van der Waals surface area contributed by atoms with Gasteiger partial charge >= 0.3 is 0 Å². The van der Waals surface area contributed by atoms with Gasteiger partial charge in [0.25, 0.3) is 0 Å². The van der Waals surface area contributed by atoms with E-state index in [1.54, 1.807) is 0 Å². The molecule has 2 atom stereocenters. The van der Waals surface area contributed by atoms with Gasteiger partial charge in [0.1, 0.15) is 0 Å². The van der Waals surface area contributed by atoms with Gasteiger partial charge < -0.3 is 10.2 Å². The predicted molar refractivity (Wildman–Crippen MR) is 62.6 cm³/mol. The van der Waals surface area contributed by atoms with E-state index in [9.17, 15) is 4.79 Å². The van der Waals surface area contributed by atoms with Gasteiger partial charge in [-0.3, -0.25) is 4.79 Å². The number of carbonyl (C=O) groups is 1. The Morgan fingerprint density at radius 1 is 1.73 bits per heavy atom. The molecule has 3 heteroatoms. The number of amides is 1. The summed E-state index contributed by atoms with van der Waals surface area (Å²) in [6, 6.07) is 0.209. The monoisotopic (exact) mass is 210 g/mol. The summed E-state index contributed by atoms with van der Waals surface area (Å²) in [4.78, 5) is 13.5. The molecule has 0 spiro atoms. The average molecular weight is 210 g/mol. The molecule has 15 heavy (non-hydrogen) atoms. The van der Waals surface area contributed by atoms with Crippen LogP contribution >= 0.6 is 0 Å². The van der Waals surface area contributed by atoms with Gasteiger partial charge in [-0.2, -0.15) is 0 Å². The molecule has 1 aliphatic rings. The molecule has 1 rings (SSSR count). The van der Waals surface area contributed by atoms with Gasteiger partial charge in [0.15, 0.2) is 0 Å². The molecule has 0 bridgehead atoms. The van der Waals surface area contributed by atoms with E-state index < -0.39 is 0 Å². The van der Waals surface area contributed by atoms with Gasteiger partial charge in [0.2, 0.25) is 5.91 Å². The van der Waals surface area contributed by atoms with E-state index >= 15 is 0 Å². The minimum Gasteiger partial charge on any atom is -0.349 e. The fourth-order valence-corrected chi connectivity index (χ4v) is 2.19. The molecule has 1 aliphatic heterocycles. The Balaban J connectivity index is 2.27. The zero-order valence-electron chi connectivity index (χ0n) is 9.83. The highest BCUT2D eigenvalue weighted by atomic mass is 16.1. The van der Waals surface area contributed by atoms with Crippen LogP contribution in [0.4, 0.5) is 0 Å². The van der Waals surface area contributed by atoms with E-state index in [-0.39, 0.29) is 11.9 Å². The molecule has 0 aromatic heterocycles. The Bertz CT molecular complexity index is 228. The van der Waals surface area contributed by atoms with E-state index in [0.29, 0.717) is 0 Å². The Morgan fingerprint density at radius 2 is 2.47 bits per heavy atom. The molecule has 3 nitrogen and oxygen atoms in total. The maximum atomic E-state index is 11.1. The zero-order chi connectivity index (χ0) is 11.3. The number of hydrogen-bond donors (Lipinski definition) is 1. The molecule has 0 aromatic carbocycles. The average Bonchev–Trinajstić information content (AvgIpc) is 2.17. The molecule has 1 N–H and O–H groups in total. The fourth-order valence-electron chi connectivity index (χ4n) is 2.19. The van der Waals surface area contributed by atoms with Crippen molar-refractivity contribution in [1.82, 2.24) is 10.2 Å². The van der Waals surface area contributed by atoms with Gasteiger partial charge in [-0.05, 0) is 38.3 Å². The topological polar surface area (TPSA) is 32.3 Å². The first kappa shape index (κ1) is 12.2. The van der Waals surface area contributed by atoms with Crippen LogP contribution in [0.5, 0.6) is 0 Å². The molecule has 0 aromatic rings. The number of likely N-dealkylation sites (tertiary alicyclic amines) is 1. The number of piperidine rings is 1. The number of carbonyl (C=O) groups excluding carboxylic acids is 1. The molecule has 0 saturated carbocycles. The van der Waals surface area contributed by atoms with Crippen molar-refractivity contribution in [1.29, 1.82) is 0 Å². The third kappa shape index (κ3) is 4.47. The first-order valence-electron chi connectivity index (χ1n) is 5.77. The summed E-state index contributed by atoms with van der Waals surface area (Å²) in [6.45, 7) is 11.1. The summed E-state index contributed by atoms with van der Waals surface area (Å²) in [5, 5.41) is 2.89. The van der Waals surface area contributed by atoms with Crippen molar-refractivity contribution in [2.45, 2.75) is 32.7 Å². The Kier molecular flexibility index (Phi) is 4.82. The number of hydrogen-bond acceptors (Lipinski definition) is 2. The van der Waals surface area contributed by atoms with Crippen molar-refractivity contribution < 1.29 is 4.79 Å². The van der Waals surface area contributed by atoms with Gasteiger partial charge in [-0.25, -0.2) is 0 Å². The van der Waals surface area contributed by atoms with Gasteiger partial charge in [-0.15, -0.1) is 0 Å². The van der Waals surface area contributed by atoms with Crippen LogP contribution in [0.3, 0.4) is 0 Å². The molecule has 0 unspecified atom stereocenters. The standard InChI is InChI=1S/C12H22N2O/c1-4-12(15)13-11(3)9-14-7-5-6-10(2)8-14/h4,10-11H,1,5-9H2,2-3H3,(H,13,15)/t10-,11-/m1/s1. The highest BCUT2D eigenvalue weighted by molar-refractivity contribution is 5.87. The second kappa shape index (κ2) is 5.91. The molecule has 0 radical (unpaired) electrons. The molecular weight excluding hydrogens is 188 g/mol. The Hall–Kier alpha value is -0.830. The lowest BCUT2D eigenvalue weighted by Gasteiger charge is -2.32. The fraction of sp³-hybridized carbons (Fsp3) is 0.750. The van der Waals surface area contributed by atoms with Crippen LogP contribution in [-0.4, -0.2) is 36.5 Å². The van der Waals surface area contributed by atoms with Crippen LogP contribution in [0.15, 0.2) is 12.7 Å². The van der Waals surface area contributed by atoms with Gasteiger partial charge in [-0.1, -0.05) is 13.5 Å². The first-order chi connectivity index (χ1) is 7.11. The lowest BCUT2D eigenvalue weighted by Crippen LogP contribution is -2.44. The summed E-state index contributed by atoms with van der Waals surface area (Å²) < 4.78 is 0. The van der Waals surface area contributed by atoms with Gasteiger partial charge in [0, 0.05) is 19.1 Å². The molecule has 0 aliphatic carbocycles. The van der Waals surface area contributed by atoms with E-state index in [1.165, 1.54) is 25.5 Å². The van der Waals surface area contributed by atoms with Crippen molar-refractivity contribution in [2.24, 2.45) is 5.92 Å². The predicted octanol–water partition coefficient (Wildman–Crippen LogP) is 1.41. The minimum absolute atomic E-state index is 0.0763. The summed E-state index contributed by atoms with van der Waals surface area (Å²) in [7, 11) is 0. The molecular formula is C12H22N2O. The van der Waals surface area contributed by atoms with Crippen molar-refractivity contribution in [3.8, 4) is 0 Å². The van der Waals surface area contributed by atoms with Crippen molar-refractivity contribution >= 4 is 5.91 Å². The third-order valence-electron chi connectivity index (χ3n) is 2.85. The van der Waals surface area contributed by atoms with Crippen LogP contribution in [0, 0.1) is 5.92 Å². The molecule has 1 amide bonds. The minimum atomic E-state index is -0.0763. The SMILES string of the molecule is C=CC(=O)N[C@H](C)CN1CCC[C@@H](C)C1. The van der Waals surface area contributed by atoms with Crippen LogP contribution < -0.4 is 5.32 Å². The van der Waals surface area contributed by atoms with Crippen LogP contribution in [0.25, 0.3) is 0 Å². The normalized spacial score (nSPS) is 24.5. The quantitative estimate of drug-likeness (QED) is 0.712. The lowest BCUT2D eigenvalue weighted by molar-refractivity contribution is -0.117. The van der Waals surface area contributed by atoms with E-state index in [0.717, 1.165) is 19.0 Å². The second-order valence-electron chi connectivity index (χ2n) is 4.62. The summed E-state index contributed by atoms with van der Waals surface area (Å²) in [5.74, 6) is 0.716. The zero-order valence-corrected chi connectivity index (χ0v) is 9.83. The molecule has 1 fully saturated rings. The summed E-state index contributed by atoms with van der Waals surface area (Å²) in [5.41, 5.74) is 0. The van der Waals surface area contributed by atoms with Crippen molar-refractivity contribution in [3.05, 3.63) is 12.7 Å². The van der Waals surface area contributed by atoms with E-state index in [4.69, 9.17) is 0 Å². The Morgan fingerprint density at radius 3 is 3.07 bits per heavy atom. The maximum absolute atomic E-state index is 11.1. The van der Waals surface area contributed by atoms with Crippen LogP contribution in [0.1, 0.15) is 26.7 Å². The third-order valence-corrected chi connectivity index (χ3v) is 2.85. The van der Waals surface area contributed by atoms with Crippen molar-refractivity contribution in [3.63, 3.8) is 0 Å². The van der Waals surface area contributed by atoms with Crippen LogP contribution in [-0.2, 0) is 4.79 Å². The number of rotatable bonds is 4. The summed E-state index contributed by atoms with van der Waals surface area (Å²) in [6.07, 6.45) is 3.95. The number of nitrogens with one attached hydrogen (secondary N) is 1. The summed E-state index contributed by atoms with van der Waals surface area (Å²) >= 11 is 0. The van der Waals surface area contributed by atoms with Crippen LogP contribution in [0.2, 0.25) is 0 Å². The number of nitrogens with zero attached hydrogens (tertiary/aromatic N) is 1. The van der Waals surface area contributed by atoms with E-state index in [2.05, 4.69) is 23.7 Å². The highest BCUT2D eigenvalue weighted by Gasteiger charge is 2.18. The van der Waals surface area contributed by atoms with E-state index in [1.807, 2.05) is 6.92 Å². The lowest BCUT2D eigenvalue weighted by atomic mass is 10.00. The molecule has 1 saturated heterocycles. The van der Waals surface area contributed by atoms with Gasteiger partial charge in [0.05, 0.1) is 0 Å². The molecule has 1 heterocycles. The smallest absolute Gasteiger partial charge is 0.243 e. The van der Waals surface area contributed by atoms with Crippen molar-refractivity contribution in [2.75, 3.05) is 19.6 Å².